The van der Waals surface area contributed by atoms with Crippen LogP contribution in [0.1, 0.15) is 38.5 Å². The van der Waals surface area contributed by atoms with E-state index < -0.39 is 29.2 Å². The smallest absolute Gasteiger partial charge is 0.446 e. The number of hydrogen-bond donors (Lipinski definition) is 1. The number of ether oxygens (including phenoxy) is 1. The summed E-state index contributed by atoms with van der Waals surface area (Å²) in [5.74, 6) is -2.21. The van der Waals surface area contributed by atoms with Crippen LogP contribution in [0.5, 0.6) is 0 Å². The standard InChI is InChI=1S/C11H18F4O6S/c12-10(11(13,14)15,22-21-20-18)9(17)19-8-6-4-2-1-3-5-7-16/h16,18H,1-8H2/p-1. The van der Waals surface area contributed by atoms with Gasteiger partial charge in [0.2, 0.25) is 0 Å². The summed E-state index contributed by atoms with van der Waals surface area (Å²) in [6, 6.07) is 0. The van der Waals surface area contributed by atoms with Gasteiger partial charge >= 0.3 is 17.1 Å². The van der Waals surface area contributed by atoms with Crippen LogP contribution in [0.3, 0.4) is 0 Å². The van der Waals surface area contributed by atoms with E-state index in [4.69, 9.17) is 5.11 Å². The molecule has 0 saturated carbocycles. The maximum Gasteiger partial charge on any atom is 0.446 e. The molecule has 0 aliphatic rings. The first-order valence-electron chi connectivity index (χ1n) is 6.47. The lowest BCUT2D eigenvalue weighted by Gasteiger charge is -2.23. The molecule has 0 saturated heterocycles. The summed E-state index contributed by atoms with van der Waals surface area (Å²) in [6.45, 7) is -0.292. The number of unbranched alkanes of at least 4 members (excludes halogenated alkanes) is 5. The van der Waals surface area contributed by atoms with E-state index in [1.54, 1.807) is 0 Å². The molecule has 0 aliphatic heterocycles. The van der Waals surface area contributed by atoms with Crippen molar-refractivity contribution in [3.05, 3.63) is 0 Å². The van der Waals surface area contributed by atoms with Crippen molar-refractivity contribution >= 4 is 18.0 Å². The molecule has 0 amide bonds. The van der Waals surface area contributed by atoms with Gasteiger partial charge in [0.1, 0.15) is 0 Å². The van der Waals surface area contributed by atoms with Gasteiger partial charge in [-0.25, -0.2) is 9.18 Å². The number of aliphatic hydroxyl groups is 1. The number of carbonyl (C=O) groups excluding carboxylic acids is 1. The zero-order valence-corrected chi connectivity index (χ0v) is 12.4. The van der Waals surface area contributed by atoms with E-state index in [1.165, 1.54) is 0 Å². The van der Waals surface area contributed by atoms with Crippen LogP contribution in [0.4, 0.5) is 17.6 Å². The summed E-state index contributed by atoms with van der Waals surface area (Å²) < 4.78 is 58.5. The Labute approximate surface area is 128 Å². The molecule has 22 heavy (non-hydrogen) atoms. The Morgan fingerprint density at radius 2 is 1.59 bits per heavy atom. The molecule has 6 nitrogen and oxygen atoms in total. The maximum atomic E-state index is 13.6. The van der Waals surface area contributed by atoms with Gasteiger partial charge in [-0.05, 0) is 12.8 Å². The third kappa shape index (κ3) is 7.58. The van der Waals surface area contributed by atoms with E-state index in [-0.39, 0.29) is 19.6 Å². The second-order valence-corrected chi connectivity index (χ2v) is 5.16. The first-order chi connectivity index (χ1) is 10.3. The van der Waals surface area contributed by atoms with Crippen LogP contribution in [0.25, 0.3) is 0 Å². The molecule has 0 aromatic heterocycles. The lowest BCUT2D eigenvalue weighted by molar-refractivity contribution is -0.777. The Morgan fingerprint density at radius 1 is 1.05 bits per heavy atom. The fourth-order valence-electron chi connectivity index (χ4n) is 1.44. The molecule has 0 heterocycles. The van der Waals surface area contributed by atoms with Gasteiger partial charge in [-0.2, -0.15) is 17.5 Å². The molecule has 1 N–H and O–H groups in total. The molecule has 1 unspecified atom stereocenters. The van der Waals surface area contributed by atoms with E-state index in [0.717, 1.165) is 19.3 Å². The van der Waals surface area contributed by atoms with Crippen LogP contribution in [0.2, 0.25) is 0 Å². The molecule has 0 bridgehead atoms. The fourth-order valence-corrected chi connectivity index (χ4v) is 1.78. The topological polar surface area (TPSA) is 88.1 Å². The van der Waals surface area contributed by atoms with Gasteiger partial charge in [0, 0.05) is 6.61 Å². The zero-order valence-electron chi connectivity index (χ0n) is 11.6. The van der Waals surface area contributed by atoms with Crippen molar-refractivity contribution in [1.29, 1.82) is 0 Å². The summed E-state index contributed by atoms with van der Waals surface area (Å²) in [4.78, 5) is 11.2. The summed E-state index contributed by atoms with van der Waals surface area (Å²) in [6.07, 6.45) is -1.71. The van der Waals surface area contributed by atoms with Crippen LogP contribution in [0, 0.1) is 0 Å². The number of halogens is 4. The van der Waals surface area contributed by atoms with Crippen molar-refractivity contribution in [3.8, 4) is 0 Å². The average molecular weight is 353 g/mol. The average Bonchev–Trinajstić information content (AvgIpc) is 2.46. The van der Waals surface area contributed by atoms with E-state index in [0.29, 0.717) is 12.8 Å². The van der Waals surface area contributed by atoms with Crippen LogP contribution >= 0.6 is 12.0 Å². The Balaban J connectivity index is 4.09. The highest BCUT2D eigenvalue weighted by atomic mass is 32.2. The molecule has 0 aromatic carbocycles. The highest BCUT2D eigenvalue weighted by Crippen LogP contribution is 2.44. The summed E-state index contributed by atoms with van der Waals surface area (Å²) >= 11 is -1.11. The van der Waals surface area contributed by atoms with Gasteiger partial charge in [0.15, 0.2) is 0 Å². The monoisotopic (exact) mass is 353 g/mol. The zero-order chi connectivity index (χ0) is 17.1. The van der Waals surface area contributed by atoms with Gasteiger partial charge in [-0.1, -0.05) is 25.7 Å². The largest absolute Gasteiger partial charge is 0.691 e. The highest BCUT2D eigenvalue weighted by molar-refractivity contribution is 7.96. The minimum Gasteiger partial charge on any atom is -0.691 e. The van der Waals surface area contributed by atoms with E-state index in [9.17, 15) is 27.6 Å². The quantitative estimate of drug-likeness (QED) is 0.143. The van der Waals surface area contributed by atoms with Gasteiger partial charge in [-0.15, -0.1) is 0 Å². The maximum absolute atomic E-state index is 13.6. The molecule has 132 valence electrons. The van der Waals surface area contributed by atoms with Crippen molar-refractivity contribution in [2.75, 3.05) is 13.2 Å². The fraction of sp³-hybridized carbons (Fsp3) is 0.909. The van der Waals surface area contributed by atoms with Crippen LogP contribution in [-0.2, 0) is 18.9 Å². The molecule has 0 aliphatic carbocycles. The normalized spacial score (nSPS) is 14.6. The van der Waals surface area contributed by atoms with E-state index >= 15 is 0 Å². The SMILES string of the molecule is O=C(OCCCCCCCCO)C(F)(SOO[O-])C(F)(F)F. The van der Waals surface area contributed by atoms with Crippen molar-refractivity contribution in [1.82, 2.24) is 0 Å². The van der Waals surface area contributed by atoms with Crippen molar-refractivity contribution in [3.63, 3.8) is 0 Å². The minimum absolute atomic E-state index is 0.0977. The Morgan fingerprint density at radius 3 is 2.09 bits per heavy atom. The number of rotatable bonds is 12. The van der Waals surface area contributed by atoms with Crippen molar-refractivity contribution in [2.45, 2.75) is 49.7 Å². The van der Waals surface area contributed by atoms with E-state index in [1.807, 2.05) is 0 Å². The molecular weight excluding hydrogens is 336 g/mol. The summed E-state index contributed by atoms with van der Waals surface area (Å²) in [7, 11) is 0. The predicted octanol–water partition coefficient (Wildman–Crippen LogP) is 1.96. The molecule has 1 atom stereocenters. The number of hydrogen-bond acceptors (Lipinski definition) is 7. The molecule has 0 rings (SSSR count). The molecule has 0 spiro atoms. The first-order valence-corrected chi connectivity index (χ1v) is 7.21. The van der Waals surface area contributed by atoms with E-state index in [2.05, 4.69) is 14.1 Å². The highest BCUT2D eigenvalue weighted by Gasteiger charge is 2.65. The van der Waals surface area contributed by atoms with Crippen molar-refractivity contribution < 1.29 is 46.8 Å². The summed E-state index contributed by atoms with van der Waals surface area (Å²) in [5, 5.41) is 16.1. The van der Waals surface area contributed by atoms with Crippen LogP contribution < -0.4 is 5.26 Å². The first kappa shape index (κ1) is 21.4. The second-order valence-electron chi connectivity index (χ2n) is 4.29. The molecule has 0 radical (unpaired) electrons. The van der Waals surface area contributed by atoms with Gasteiger partial charge < -0.3 is 15.1 Å². The van der Waals surface area contributed by atoms with Gasteiger partial charge in [-0.3, -0.25) is 5.04 Å². The Kier molecular flexibility index (Phi) is 10.7. The number of aliphatic hydroxyl groups excluding tert-OH is 1. The molecule has 0 fully saturated rings. The molecule has 11 heteroatoms. The lowest BCUT2D eigenvalue weighted by Crippen LogP contribution is -2.46. The van der Waals surface area contributed by atoms with Crippen molar-refractivity contribution in [2.24, 2.45) is 0 Å². The number of alkyl halides is 4. The lowest BCUT2D eigenvalue weighted by atomic mass is 10.1. The molecular formula is C11H17F4O6S-. The minimum atomic E-state index is -5.63. The number of esters is 1. The third-order valence-electron chi connectivity index (χ3n) is 2.59. The number of carbonyl (C=O) groups is 1. The second kappa shape index (κ2) is 11.0. The van der Waals surface area contributed by atoms with Crippen LogP contribution in [-0.4, -0.2) is 35.5 Å². The van der Waals surface area contributed by atoms with Crippen LogP contribution in [0.15, 0.2) is 0 Å². The Hall–Kier alpha value is -0.620. The summed E-state index contributed by atoms with van der Waals surface area (Å²) in [5.41, 5.74) is 0. The van der Waals surface area contributed by atoms with Gasteiger partial charge in [0.25, 0.3) is 0 Å². The molecule has 0 aromatic rings. The third-order valence-corrected chi connectivity index (χ3v) is 3.34. The van der Waals surface area contributed by atoms with Gasteiger partial charge in [0.05, 0.1) is 18.6 Å². The predicted molar refractivity (Wildman–Crippen MR) is 65.4 cm³/mol. The Bertz CT molecular complexity index is 317.